The number of carbonyl (C=O) groups excluding carboxylic acids is 1. The summed E-state index contributed by atoms with van der Waals surface area (Å²) in [5, 5.41) is 22.7. The number of nitrogens with zero attached hydrogens (tertiary/aromatic N) is 1. The lowest BCUT2D eigenvalue weighted by molar-refractivity contribution is -0.384. The van der Waals surface area contributed by atoms with Crippen LogP contribution in [0.2, 0.25) is 0 Å². The average Bonchev–Trinajstić information content (AvgIpc) is 2.64. The molecule has 8 heteroatoms. The lowest BCUT2D eigenvalue weighted by atomic mass is 10.1. The Morgan fingerprint density at radius 3 is 2.76 bits per heavy atom. The maximum atomic E-state index is 12.4. The van der Waals surface area contributed by atoms with Crippen molar-refractivity contribution in [2.75, 3.05) is 25.6 Å². The number of hydrogen-bond donors (Lipinski definition) is 2. The summed E-state index contributed by atoms with van der Waals surface area (Å²) in [4.78, 5) is 22.7. The van der Waals surface area contributed by atoms with Crippen LogP contribution in [0.15, 0.2) is 42.5 Å². The van der Waals surface area contributed by atoms with Gasteiger partial charge in [0.25, 0.3) is 5.69 Å². The molecule has 132 valence electrons. The topological polar surface area (TPSA) is 111 Å². The quantitative estimate of drug-likeness (QED) is 0.429. The van der Waals surface area contributed by atoms with E-state index in [-0.39, 0.29) is 31.0 Å². The molecule has 2 aromatic carbocycles. The van der Waals surface area contributed by atoms with Gasteiger partial charge in [0.1, 0.15) is 12.4 Å². The number of methoxy groups -OCH3 is 1. The monoisotopic (exact) mass is 346 g/mol. The van der Waals surface area contributed by atoms with Crippen molar-refractivity contribution in [3.63, 3.8) is 0 Å². The highest BCUT2D eigenvalue weighted by atomic mass is 16.6. The van der Waals surface area contributed by atoms with Crippen molar-refractivity contribution >= 4 is 17.3 Å². The summed E-state index contributed by atoms with van der Waals surface area (Å²) in [5.74, 6) is -0.0684. The number of non-ortho nitro benzene ring substituents is 1. The number of rotatable bonds is 8. The van der Waals surface area contributed by atoms with Gasteiger partial charge in [-0.3, -0.25) is 10.1 Å². The number of carbonyl (C=O) groups is 1. The summed E-state index contributed by atoms with van der Waals surface area (Å²) in [6.07, 6.45) is 0. The SMILES string of the molecule is COc1cccc(COC(=O)c2cc([N+](=O)[O-])ccc2NCCO)c1. The van der Waals surface area contributed by atoms with Crippen LogP contribution in [0, 0.1) is 10.1 Å². The minimum Gasteiger partial charge on any atom is -0.497 e. The molecule has 0 aliphatic heterocycles. The molecule has 25 heavy (non-hydrogen) atoms. The van der Waals surface area contributed by atoms with Gasteiger partial charge in [-0.2, -0.15) is 0 Å². The molecule has 0 saturated carbocycles. The van der Waals surface area contributed by atoms with E-state index in [9.17, 15) is 14.9 Å². The smallest absolute Gasteiger partial charge is 0.340 e. The van der Waals surface area contributed by atoms with Gasteiger partial charge in [-0.15, -0.1) is 0 Å². The second-order valence-corrected chi connectivity index (χ2v) is 5.07. The summed E-state index contributed by atoms with van der Waals surface area (Å²) in [6.45, 7) is 0.0570. The summed E-state index contributed by atoms with van der Waals surface area (Å²) in [5.41, 5.74) is 0.895. The van der Waals surface area contributed by atoms with Crippen LogP contribution in [0.3, 0.4) is 0 Å². The van der Waals surface area contributed by atoms with Crippen LogP contribution < -0.4 is 10.1 Å². The first kappa shape index (κ1) is 18.2. The van der Waals surface area contributed by atoms with Crippen molar-refractivity contribution < 1.29 is 24.3 Å². The normalized spacial score (nSPS) is 10.2. The lowest BCUT2D eigenvalue weighted by Gasteiger charge is -2.11. The molecule has 0 fully saturated rings. The Labute approximate surface area is 144 Å². The van der Waals surface area contributed by atoms with Crippen LogP contribution >= 0.6 is 0 Å². The maximum absolute atomic E-state index is 12.4. The van der Waals surface area contributed by atoms with Crippen LogP contribution in [0.25, 0.3) is 0 Å². The molecule has 2 aromatic rings. The summed E-state index contributed by atoms with van der Waals surface area (Å²) in [7, 11) is 1.54. The number of nitrogens with one attached hydrogen (secondary N) is 1. The van der Waals surface area contributed by atoms with Gasteiger partial charge in [0.05, 0.1) is 24.2 Å². The van der Waals surface area contributed by atoms with E-state index in [4.69, 9.17) is 14.6 Å². The molecular weight excluding hydrogens is 328 g/mol. The summed E-state index contributed by atoms with van der Waals surface area (Å²) >= 11 is 0. The number of esters is 1. The van der Waals surface area contributed by atoms with Gasteiger partial charge in [-0.05, 0) is 23.8 Å². The molecule has 0 heterocycles. The van der Waals surface area contributed by atoms with Crippen molar-refractivity contribution in [3.05, 3.63) is 63.7 Å². The Kier molecular flexibility index (Phi) is 6.30. The van der Waals surface area contributed by atoms with Gasteiger partial charge < -0.3 is 19.9 Å². The third-order valence-corrected chi connectivity index (χ3v) is 3.37. The summed E-state index contributed by atoms with van der Waals surface area (Å²) < 4.78 is 10.4. The van der Waals surface area contributed by atoms with E-state index >= 15 is 0 Å². The zero-order valence-corrected chi connectivity index (χ0v) is 13.6. The fraction of sp³-hybridized carbons (Fsp3) is 0.235. The van der Waals surface area contributed by atoms with Gasteiger partial charge in [0.15, 0.2) is 0 Å². The molecular formula is C17H18N2O6. The molecule has 0 aliphatic carbocycles. The summed E-state index contributed by atoms with van der Waals surface area (Å²) in [6, 6.07) is 10.9. The molecule has 0 saturated heterocycles. The first-order valence-corrected chi connectivity index (χ1v) is 7.48. The van der Waals surface area contributed by atoms with E-state index in [0.29, 0.717) is 11.4 Å². The standard InChI is InChI=1S/C17H18N2O6/c1-24-14-4-2-3-12(9-14)11-25-17(21)15-10-13(19(22)23)5-6-16(15)18-7-8-20/h2-6,9-10,18,20H,7-8,11H2,1H3. The predicted molar refractivity (Wildman–Crippen MR) is 90.8 cm³/mol. The number of aliphatic hydroxyl groups is 1. The zero-order chi connectivity index (χ0) is 18.2. The number of anilines is 1. The molecule has 0 aliphatic rings. The van der Waals surface area contributed by atoms with E-state index in [2.05, 4.69) is 5.32 Å². The van der Waals surface area contributed by atoms with Crippen LogP contribution in [-0.2, 0) is 11.3 Å². The maximum Gasteiger partial charge on any atom is 0.340 e. The first-order chi connectivity index (χ1) is 12.0. The molecule has 0 radical (unpaired) electrons. The minimum absolute atomic E-state index is 0.00182. The highest BCUT2D eigenvalue weighted by Crippen LogP contribution is 2.23. The van der Waals surface area contributed by atoms with Crippen molar-refractivity contribution in [2.45, 2.75) is 6.61 Å². The van der Waals surface area contributed by atoms with Gasteiger partial charge in [-0.1, -0.05) is 12.1 Å². The van der Waals surface area contributed by atoms with Crippen LogP contribution in [-0.4, -0.2) is 36.3 Å². The van der Waals surface area contributed by atoms with Gasteiger partial charge in [0.2, 0.25) is 0 Å². The van der Waals surface area contributed by atoms with E-state index < -0.39 is 10.9 Å². The molecule has 0 atom stereocenters. The Balaban J connectivity index is 2.17. The Morgan fingerprint density at radius 1 is 1.28 bits per heavy atom. The van der Waals surface area contributed by atoms with Crippen molar-refractivity contribution in [3.8, 4) is 5.75 Å². The number of hydrogen-bond acceptors (Lipinski definition) is 7. The third kappa shape index (κ3) is 4.92. The zero-order valence-electron chi connectivity index (χ0n) is 13.6. The molecule has 8 nitrogen and oxygen atoms in total. The highest BCUT2D eigenvalue weighted by Gasteiger charge is 2.18. The number of aliphatic hydroxyl groups excluding tert-OH is 1. The Hall–Kier alpha value is -3.13. The highest BCUT2D eigenvalue weighted by molar-refractivity contribution is 5.96. The fourth-order valence-corrected chi connectivity index (χ4v) is 2.15. The van der Waals surface area contributed by atoms with Crippen molar-refractivity contribution in [1.82, 2.24) is 0 Å². The van der Waals surface area contributed by atoms with Crippen molar-refractivity contribution in [2.24, 2.45) is 0 Å². The molecule has 0 amide bonds. The third-order valence-electron chi connectivity index (χ3n) is 3.37. The molecule has 0 bridgehead atoms. The van der Waals surface area contributed by atoms with E-state index in [1.807, 2.05) is 0 Å². The predicted octanol–water partition coefficient (Wildman–Crippen LogP) is 2.36. The molecule has 0 unspecified atom stereocenters. The van der Waals surface area contributed by atoms with E-state index in [1.54, 1.807) is 24.3 Å². The number of benzene rings is 2. The number of ether oxygens (including phenoxy) is 2. The Morgan fingerprint density at radius 2 is 2.08 bits per heavy atom. The van der Waals surface area contributed by atoms with Crippen LogP contribution in [0.5, 0.6) is 5.75 Å². The molecule has 0 spiro atoms. The minimum atomic E-state index is -0.702. The second-order valence-electron chi connectivity index (χ2n) is 5.07. The van der Waals surface area contributed by atoms with Crippen LogP contribution in [0.1, 0.15) is 15.9 Å². The van der Waals surface area contributed by atoms with Crippen LogP contribution in [0.4, 0.5) is 11.4 Å². The lowest BCUT2D eigenvalue weighted by Crippen LogP contribution is -2.13. The van der Waals surface area contributed by atoms with Crippen molar-refractivity contribution in [1.29, 1.82) is 0 Å². The first-order valence-electron chi connectivity index (χ1n) is 7.48. The van der Waals surface area contributed by atoms with Gasteiger partial charge in [-0.25, -0.2) is 4.79 Å². The van der Waals surface area contributed by atoms with E-state index in [0.717, 1.165) is 11.6 Å². The average molecular weight is 346 g/mol. The van der Waals surface area contributed by atoms with E-state index in [1.165, 1.54) is 19.2 Å². The second kappa shape index (κ2) is 8.65. The van der Waals surface area contributed by atoms with Gasteiger partial charge in [0, 0.05) is 24.4 Å². The molecule has 2 N–H and O–H groups in total. The number of nitro groups is 1. The molecule has 0 aromatic heterocycles. The largest absolute Gasteiger partial charge is 0.497 e. The fourth-order valence-electron chi connectivity index (χ4n) is 2.15. The van der Waals surface area contributed by atoms with Gasteiger partial charge >= 0.3 is 5.97 Å². The molecule has 2 rings (SSSR count). The Bertz CT molecular complexity index is 763. The number of nitro benzene ring substituents is 1.